The number of pyridine rings is 1. The van der Waals surface area contributed by atoms with Gasteiger partial charge in [-0.05, 0) is 48.9 Å². The van der Waals surface area contributed by atoms with Crippen LogP contribution in [0.5, 0.6) is 5.75 Å². The van der Waals surface area contributed by atoms with Crippen molar-refractivity contribution < 1.29 is 9.53 Å². The lowest BCUT2D eigenvalue weighted by atomic mass is 10.2. The molecule has 0 spiro atoms. The summed E-state index contributed by atoms with van der Waals surface area (Å²) in [6, 6.07) is 19.9. The van der Waals surface area contributed by atoms with Crippen molar-refractivity contribution in [3.8, 4) is 5.75 Å². The molecule has 1 aromatic heterocycles. The summed E-state index contributed by atoms with van der Waals surface area (Å²) in [4.78, 5) is 25.1. The van der Waals surface area contributed by atoms with Gasteiger partial charge in [0, 0.05) is 11.9 Å². The molecule has 26 heavy (non-hydrogen) atoms. The van der Waals surface area contributed by atoms with E-state index in [0.717, 1.165) is 11.3 Å². The Hall–Kier alpha value is -3.34. The maximum atomic E-state index is 12.6. The first-order valence-electron chi connectivity index (χ1n) is 8.45. The monoisotopic (exact) mass is 348 g/mol. The number of aromatic nitrogens is 1. The normalized spacial score (nSPS) is 10.3. The average Bonchev–Trinajstić information content (AvgIpc) is 2.66. The molecule has 0 fully saturated rings. The highest BCUT2D eigenvalue weighted by Crippen LogP contribution is 2.16. The first kappa shape index (κ1) is 17.5. The van der Waals surface area contributed by atoms with Gasteiger partial charge in [-0.2, -0.15) is 0 Å². The van der Waals surface area contributed by atoms with Crippen LogP contribution in [0, 0.1) is 0 Å². The summed E-state index contributed by atoms with van der Waals surface area (Å²) in [7, 11) is 0. The Morgan fingerprint density at radius 3 is 2.42 bits per heavy atom. The van der Waals surface area contributed by atoms with E-state index in [4.69, 9.17) is 4.74 Å². The number of carbonyl (C=O) groups excluding carboxylic acids is 1. The molecular weight excluding hydrogens is 328 g/mol. The Bertz CT molecular complexity index is 931. The van der Waals surface area contributed by atoms with Crippen molar-refractivity contribution in [3.63, 3.8) is 0 Å². The minimum Gasteiger partial charge on any atom is -0.494 e. The summed E-state index contributed by atoms with van der Waals surface area (Å²) >= 11 is 0. The molecule has 0 saturated carbocycles. The van der Waals surface area contributed by atoms with Gasteiger partial charge < -0.3 is 14.6 Å². The predicted octanol–water partition coefficient (Wildman–Crippen LogP) is 3.55. The second-order valence-electron chi connectivity index (χ2n) is 5.75. The van der Waals surface area contributed by atoms with Gasteiger partial charge in [0.05, 0.1) is 13.2 Å². The largest absolute Gasteiger partial charge is 0.494 e. The number of carbonyl (C=O) groups is 1. The van der Waals surface area contributed by atoms with E-state index in [1.54, 1.807) is 36.5 Å². The minimum atomic E-state index is -0.429. The van der Waals surface area contributed by atoms with Crippen LogP contribution in [0.15, 0.2) is 77.7 Å². The van der Waals surface area contributed by atoms with Crippen molar-refractivity contribution in [1.29, 1.82) is 0 Å². The maximum absolute atomic E-state index is 12.6. The van der Waals surface area contributed by atoms with Crippen LogP contribution in [0.1, 0.15) is 22.8 Å². The molecule has 1 N–H and O–H groups in total. The molecule has 3 rings (SSSR count). The Labute approximate surface area is 151 Å². The number of hydrogen-bond donors (Lipinski definition) is 1. The molecule has 0 aliphatic rings. The molecule has 0 bridgehead atoms. The van der Waals surface area contributed by atoms with Gasteiger partial charge in [-0.15, -0.1) is 0 Å². The van der Waals surface area contributed by atoms with Crippen LogP contribution in [0.2, 0.25) is 0 Å². The molecular formula is C21H20N2O3. The molecule has 0 saturated heterocycles. The Morgan fingerprint density at radius 2 is 1.73 bits per heavy atom. The number of nitrogens with one attached hydrogen (secondary N) is 1. The lowest BCUT2D eigenvalue weighted by molar-refractivity contribution is 0.102. The molecule has 5 heteroatoms. The van der Waals surface area contributed by atoms with Crippen molar-refractivity contribution in [1.82, 2.24) is 4.57 Å². The third kappa shape index (κ3) is 4.19. The van der Waals surface area contributed by atoms with Crippen molar-refractivity contribution >= 4 is 11.6 Å². The van der Waals surface area contributed by atoms with Crippen molar-refractivity contribution in [2.45, 2.75) is 13.5 Å². The third-order valence-corrected chi connectivity index (χ3v) is 3.88. The Kier molecular flexibility index (Phi) is 5.49. The second-order valence-corrected chi connectivity index (χ2v) is 5.75. The zero-order valence-electron chi connectivity index (χ0n) is 14.5. The molecule has 1 amide bonds. The van der Waals surface area contributed by atoms with E-state index in [2.05, 4.69) is 5.32 Å². The van der Waals surface area contributed by atoms with Crippen LogP contribution < -0.4 is 15.6 Å². The van der Waals surface area contributed by atoms with Crippen molar-refractivity contribution in [2.75, 3.05) is 11.9 Å². The summed E-state index contributed by atoms with van der Waals surface area (Å²) in [5, 5.41) is 2.75. The van der Waals surface area contributed by atoms with E-state index in [1.807, 2.05) is 37.3 Å². The molecule has 1 heterocycles. The van der Waals surface area contributed by atoms with Crippen LogP contribution >= 0.6 is 0 Å². The van der Waals surface area contributed by atoms with Gasteiger partial charge in [0.2, 0.25) is 0 Å². The fourth-order valence-corrected chi connectivity index (χ4v) is 2.61. The lowest BCUT2D eigenvalue weighted by Gasteiger charge is -2.09. The number of benzene rings is 2. The Balaban J connectivity index is 1.77. The number of nitrogens with zero attached hydrogens (tertiary/aromatic N) is 1. The maximum Gasteiger partial charge on any atom is 0.263 e. The predicted molar refractivity (Wildman–Crippen MR) is 102 cm³/mol. The van der Waals surface area contributed by atoms with Crippen LogP contribution in [-0.2, 0) is 6.54 Å². The molecule has 5 nitrogen and oxygen atoms in total. The van der Waals surface area contributed by atoms with E-state index < -0.39 is 5.91 Å². The fourth-order valence-electron chi connectivity index (χ4n) is 2.61. The highest BCUT2D eigenvalue weighted by atomic mass is 16.5. The first-order valence-corrected chi connectivity index (χ1v) is 8.45. The Morgan fingerprint density at radius 1 is 1.00 bits per heavy atom. The molecule has 132 valence electrons. The first-order chi connectivity index (χ1) is 12.7. The van der Waals surface area contributed by atoms with E-state index in [9.17, 15) is 9.59 Å². The van der Waals surface area contributed by atoms with E-state index in [0.29, 0.717) is 18.8 Å². The molecule has 0 aliphatic carbocycles. The lowest BCUT2D eigenvalue weighted by Crippen LogP contribution is -2.29. The molecule has 0 atom stereocenters. The molecule has 0 aliphatic heterocycles. The van der Waals surface area contributed by atoms with Gasteiger partial charge >= 0.3 is 0 Å². The average molecular weight is 348 g/mol. The molecule has 0 unspecified atom stereocenters. The summed E-state index contributed by atoms with van der Waals surface area (Å²) in [6.45, 7) is 2.91. The summed E-state index contributed by atoms with van der Waals surface area (Å²) in [5.74, 6) is 0.303. The summed E-state index contributed by atoms with van der Waals surface area (Å²) in [6.07, 6.45) is 1.68. The van der Waals surface area contributed by atoms with Gasteiger partial charge in [-0.3, -0.25) is 9.59 Å². The summed E-state index contributed by atoms with van der Waals surface area (Å²) < 4.78 is 6.91. The van der Waals surface area contributed by atoms with Crippen LogP contribution in [-0.4, -0.2) is 17.1 Å². The zero-order valence-corrected chi connectivity index (χ0v) is 14.5. The van der Waals surface area contributed by atoms with Crippen molar-refractivity contribution in [3.05, 3.63) is 94.4 Å². The zero-order chi connectivity index (χ0) is 18.4. The summed E-state index contributed by atoms with van der Waals surface area (Å²) in [5.41, 5.74) is 1.40. The smallest absolute Gasteiger partial charge is 0.263 e. The van der Waals surface area contributed by atoms with Gasteiger partial charge in [-0.1, -0.05) is 30.3 Å². The van der Waals surface area contributed by atoms with E-state index in [-0.39, 0.29) is 11.1 Å². The topological polar surface area (TPSA) is 60.3 Å². The van der Waals surface area contributed by atoms with Crippen LogP contribution in [0.4, 0.5) is 5.69 Å². The van der Waals surface area contributed by atoms with E-state index >= 15 is 0 Å². The molecule has 2 aromatic carbocycles. The molecule has 3 aromatic rings. The third-order valence-electron chi connectivity index (χ3n) is 3.88. The number of hydrogen-bond acceptors (Lipinski definition) is 3. The highest BCUT2D eigenvalue weighted by Gasteiger charge is 2.12. The van der Waals surface area contributed by atoms with Gasteiger partial charge in [0.15, 0.2) is 0 Å². The quantitative estimate of drug-likeness (QED) is 0.741. The van der Waals surface area contributed by atoms with Gasteiger partial charge in [0.25, 0.3) is 11.5 Å². The highest BCUT2D eigenvalue weighted by molar-refractivity contribution is 6.04. The standard InChI is InChI=1S/C21H20N2O3/c1-2-26-18-12-10-17(11-13-18)22-20(24)19-9-6-14-23(21(19)25)15-16-7-4-3-5-8-16/h3-14H,2,15H2,1H3,(H,22,24). The van der Waals surface area contributed by atoms with Gasteiger partial charge in [-0.25, -0.2) is 0 Å². The number of anilines is 1. The van der Waals surface area contributed by atoms with Crippen molar-refractivity contribution in [2.24, 2.45) is 0 Å². The SMILES string of the molecule is CCOc1ccc(NC(=O)c2cccn(Cc3ccccc3)c2=O)cc1. The number of ether oxygens (including phenoxy) is 1. The minimum absolute atomic E-state index is 0.109. The van der Waals surface area contributed by atoms with Gasteiger partial charge in [0.1, 0.15) is 11.3 Å². The number of rotatable bonds is 6. The fraction of sp³-hybridized carbons (Fsp3) is 0.143. The molecule has 0 radical (unpaired) electrons. The van der Waals surface area contributed by atoms with Crippen LogP contribution in [0.25, 0.3) is 0 Å². The van der Waals surface area contributed by atoms with E-state index in [1.165, 1.54) is 10.6 Å². The second kappa shape index (κ2) is 8.16. The van der Waals surface area contributed by atoms with Crippen LogP contribution in [0.3, 0.4) is 0 Å². The number of amides is 1.